The van der Waals surface area contributed by atoms with Crippen LogP contribution in [-0.2, 0) is 6.54 Å². The van der Waals surface area contributed by atoms with Crippen molar-refractivity contribution in [3.8, 4) is 11.5 Å². The van der Waals surface area contributed by atoms with Gasteiger partial charge in [-0.2, -0.15) is 0 Å². The Bertz CT molecular complexity index is 738. The molecule has 0 aliphatic rings. The molecule has 0 spiro atoms. The molecule has 0 radical (unpaired) electrons. The maximum Gasteiger partial charge on any atom is 0.270 e. The molecule has 0 aromatic carbocycles. The summed E-state index contributed by atoms with van der Waals surface area (Å²) in [5, 5.41) is 4.75. The number of amides is 1. The monoisotopic (exact) mass is 300 g/mol. The van der Waals surface area contributed by atoms with Crippen LogP contribution in [-0.4, -0.2) is 15.9 Å². The molecule has 3 N–H and O–H groups in total. The second-order valence-corrected chi connectivity index (χ2v) is 5.27. The smallest absolute Gasteiger partial charge is 0.270 e. The predicted molar refractivity (Wildman–Crippen MR) is 79.6 cm³/mol. The van der Waals surface area contributed by atoms with Gasteiger partial charge >= 0.3 is 0 Å². The summed E-state index contributed by atoms with van der Waals surface area (Å²) in [6.45, 7) is 0.455. The van der Waals surface area contributed by atoms with Crippen molar-refractivity contribution in [1.82, 2.24) is 15.3 Å². The van der Waals surface area contributed by atoms with Crippen molar-refractivity contribution in [1.29, 1.82) is 0 Å². The van der Waals surface area contributed by atoms with Crippen LogP contribution >= 0.6 is 11.3 Å². The van der Waals surface area contributed by atoms with Crippen molar-refractivity contribution in [2.75, 3.05) is 5.73 Å². The lowest BCUT2D eigenvalue weighted by atomic mass is 10.2. The minimum Gasteiger partial charge on any atom is -0.463 e. The van der Waals surface area contributed by atoms with E-state index in [0.29, 0.717) is 18.0 Å². The van der Waals surface area contributed by atoms with Gasteiger partial charge in [-0.1, -0.05) is 6.07 Å². The first-order chi connectivity index (χ1) is 10.2. The number of furan rings is 1. The number of nitrogens with one attached hydrogen (secondary N) is 1. The van der Waals surface area contributed by atoms with Gasteiger partial charge in [0.25, 0.3) is 5.91 Å². The van der Waals surface area contributed by atoms with Crippen LogP contribution < -0.4 is 11.1 Å². The second kappa shape index (κ2) is 5.76. The summed E-state index contributed by atoms with van der Waals surface area (Å²) in [6.07, 6.45) is 1.53. The number of hydrogen-bond acceptors (Lipinski definition) is 6. The quantitative estimate of drug-likeness (QED) is 0.771. The van der Waals surface area contributed by atoms with E-state index in [-0.39, 0.29) is 17.5 Å². The largest absolute Gasteiger partial charge is 0.463 e. The predicted octanol–water partition coefficient (Wildman–Crippen LogP) is 2.31. The Balaban J connectivity index is 1.79. The van der Waals surface area contributed by atoms with Gasteiger partial charge in [-0.25, -0.2) is 9.97 Å². The fraction of sp³-hybridized carbons (Fsp3) is 0.0714. The van der Waals surface area contributed by atoms with E-state index in [1.54, 1.807) is 29.5 Å². The molecule has 7 heteroatoms. The van der Waals surface area contributed by atoms with E-state index in [1.165, 1.54) is 6.26 Å². The van der Waals surface area contributed by atoms with Crippen LogP contribution in [0.25, 0.3) is 11.5 Å². The molecule has 0 aliphatic carbocycles. The van der Waals surface area contributed by atoms with Crippen molar-refractivity contribution in [3.05, 3.63) is 52.5 Å². The highest BCUT2D eigenvalue weighted by Gasteiger charge is 2.13. The highest BCUT2D eigenvalue weighted by Crippen LogP contribution is 2.19. The molecule has 0 fully saturated rings. The number of rotatable bonds is 4. The Hall–Kier alpha value is -2.67. The average Bonchev–Trinajstić information content (AvgIpc) is 3.17. The topological polar surface area (TPSA) is 94.0 Å². The maximum absolute atomic E-state index is 12.1. The van der Waals surface area contributed by atoms with Gasteiger partial charge in [0.05, 0.1) is 12.8 Å². The van der Waals surface area contributed by atoms with Crippen LogP contribution in [0, 0.1) is 0 Å². The molecule has 21 heavy (non-hydrogen) atoms. The summed E-state index contributed by atoms with van der Waals surface area (Å²) in [4.78, 5) is 21.2. The van der Waals surface area contributed by atoms with Crippen molar-refractivity contribution < 1.29 is 9.21 Å². The summed E-state index contributed by atoms with van der Waals surface area (Å²) < 4.78 is 5.25. The van der Waals surface area contributed by atoms with Crippen LogP contribution in [0.1, 0.15) is 15.4 Å². The number of carbonyl (C=O) groups is 1. The molecule has 3 aromatic rings. The van der Waals surface area contributed by atoms with Gasteiger partial charge in [-0.15, -0.1) is 11.3 Å². The molecule has 0 atom stereocenters. The third-order valence-electron chi connectivity index (χ3n) is 2.75. The lowest BCUT2D eigenvalue weighted by Gasteiger charge is -2.05. The molecule has 1 amide bonds. The number of carbonyl (C=O) groups excluding carboxylic acids is 1. The first-order valence-electron chi connectivity index (χ1n) is 6.21. The Kier molecular flexibility index (Phi) is 3.65. The fourth-order valence-electron chi connectivity index (χ4n) is 1.80. The van der Waals surface area contributed by atoms with Gasteiger partial charge in [0.2, 0.25) is 5.95 Å². The van der Waals surface area contributed by atoms with Crippen LogP contribution in [0.3, 0.4) is 0 Å². The molecule has 0 bridgehead atoms. The number of hydrogen-bond donors (Lipinski definition) is 2. The van der Waals surface area contributed by atoms with E-state index in [2.05, 4.69) is 15.3 Å². The van der Waals surface area contributed by atoms with Gasteiger partial charge in [0.1, 0.15) is 11.4 Å². The molecule has 6 nitrogen and oxygen atoms in total. The minimum atomic E-state index is -0.301. The van der Waals surface area contributed by atoms with Crippen LogP contribution in [0.15, 0.2) is 46.4 Å². The van der Waals surface area contributed by atoms with Crippen molar-refractivity contribution in [2.45, 2.75) is 6.54 Å². The highest BCUT2D eigenvalue weighted by atomic mass is 32.1. The molecule has 3 aromatic heterocycles. The summed E-state index contributed by atoms with van der Waals surface area (Å²) >= 11 is 1.58. The van der Waals surface area contributed by atoms with Gasteiger partial charge in [0.15, 0.2) is 5.76 Å². The van der Waals surface area contributed by atoms with Gasteiger partial charge < -0.3 is 15.5 Å². The molecule has 0 saturated carbocycles. The van der Waals surface area contributed by atoms with Crippen LogP contribution in [0.4, 0.5) is 5.95 Å². The van der Waals surface area contributed by atoms with E-state index in [9.17, 15) is 4.79 Å². The van der Waals surface area contributed by atoms with Gasteiger partial charge in [0, 0.05) is 4.88 Å². The van der Waals surface area contributed by atoms with E-state index in [0.717, 1.165) is 4.88 Å². The normalized spacial score (nSPS) is 10.5. The molecule has 0 aliphatic heterocycles. The molecule has 0 unspecified atom stereocenters. The summed E-state index contributed by atoms with van der Waals surface area (Å²) in [5.41, 5.74) is 6.35. The fourth-order valence-corrected chi connectivity index (χ4v) is 2.45. The lowest BCUT2D eigenvalue weighted by Crippen LogP contribution is -2.24. The molecule has 0 saturated heterocycles. The average molecular weight is 300 g/mol. The Labute approximate surface area is 124 Å². The second-order valence-electron chi connectivity index (χ2n) is 4.24. The van der Waals surface area contributed by atoms with Crippen molar-refractivity contribution >= 4 is 23.2 Å². The van der Waals surface area contributed by atoms with Gasteiger partial charge in [-0.3, -0.25) is 4.79 Å². The standard InChI is InChI=1S/C14H12N4O2S/c15-14-17-10(12-4-1-5-20-12)7-11(18-14)13(19)16-8-9-3-2-6-21-9/h1-7H,8H2,(H,16,19)(H2,15,17,18). The maximum atomic E-state index is 12.1. The molecule has 3 heterocycles. The first kappa shape index (κ1) is 13.3. The number of nitrogen functional groups attached to an aromatic ring is 1. The van der Waals surface area contributed by atoms with Crippen molar-refractivity contribution in [2.24, 2.45) is 0 Å². The number of aromatic nitrogens is 2. The molecular formula is C14H12N4O2S. The number of nitrogens with zero attached hydrogens (tertiary/aromatic N) is 2. The Morgan fingerprint density at radius 3 is 2.95 bits per heavy atom. The summed E-state index contributed by atoms with van der Waals surface area (Å²) in [6, 6.07) is 8.93. The minimum absolute atomic E-state index is 0.0326. The molecular weight excluding hydrogens is 288 g/mol. The summed E-state index contributed by atoms with van der Waals surface area (Å²) in [7, 11) is 0. The van der Waals surface area contributed by atoms with E-state index in [4.69, 9.17) is 10.2 Å². The zero-order valence-corrected chi connectivity index (χ0v) is 11.8. The Morgan fingerprint density at radius 2 is 2.24 bits per heavy atom. The van der Waals surface area contributed by atoms with Crippen LogP contribution in [0.5, 0.6) is 0 Å². The summed E-state index contributed by atoms with van der Waals surface area (Å²) in [5.74, 6) is 0.270. The Morgan fingerprint density at radius 1 is 1.33 bits per heavy atom. The van der Waals surface area contributed by atoms with E-state index < -0.39 is 0 Å². The number of nitrogens with two attached hydrogens (primary N) is 1. The molecule has 3 rings (SSSR count). The number of anilines is 1. The molecule has 106 valence electrons. The zero-order chi connectivity index (χ0) is 14.7. The third kappa shape index (κ3) is 3.09. The zero-order valence-electron chi connectivity index (χ0n) is 10.9. The van der Waals surface area contributed by atoms with E-state index >= 15 is 0 Å². The first-order valence-corrected chi connectivity index (χ1v) is 7.09. The van der Waals surface area contributed by atoms with Crippen LogP contribution in [0.2, 0.25) is 0 Å². The lowest BCUT2D eigenvalue weighted by molar-refractivity contribution is 0.0946. The third-order valence-corrected chi connectivity index (χ3v) is 3.63. The number of thiophene rings is 1. The van der Waals surface area contributed by atoms with Crippen molar-refractivity contribution in [3.63, 3.8) is 0 Å². The highest BCUT2D eigenvalue weighted by molar-refractivity contribution is 7.09. The SMILES string of the molecule is Nc1nc(C(=O)NCc2cccs2)cc(-c2ccco2)n1. The van der Waals surface area contributed by atoms with E-state index in [1.807, 2.05) is 17.5 Å². The van der Waals surface area contributed by atoms with Gasteiger partial charge in [-0.05, 0) is 29.6 Å².